The summed E-state index contributed by atoms with van der Waals surface area (Å²) in [7, 11) is 0. The van der Waals surface area contributed by atoms with E-state index in [1.54, 1.807) is 10.8 Å². The van der Waals surface area contributed by atoms with Crippen LogP contribution in [0.3, 0.4) is 0 Å². The molecule has 3 aromatic carbocycles. The highest BCUT2D eigenvalue weighted by molar-refractivity contribution is 7.07. The zero-order valence-corrected chi connectivity index (χ0v) is 22.3. The quantitative estimate of drug-likeness (QED) is 0.371. The van der Waals surface area contributed by atoms with Gasteiger partial charge in [-0.3, -0.25) is 9.36 Å². The fourth-order valence-electron chi connectivity index (χ4n) is 4.91. The van der Waals surface area contributed by atoms with E-state index in [0.717, 1.165) is 27.9 Å². The van der Waals surface area contributed by atoms with Crippen LogP contribution in [0.4, 0.5) is 0 Å². The van der Waals surface area contributed by atoms with Crippen molar-refractivity contribution in [3.05, 3.63) is 133 Å². The molecule has 0 aliphatic carbocycles. The van der Waals surface area contributed by atoms with Crippen LogP contribution in [0, 0.1) is 29.6 Å². The highest BCUT2D eigenvalue weighted by Crippen LogP contribution is 2.35. The fraction of sp³-hybridized carbons (Fsp3) is 0.0625. The molecular weight excluding hydrogens is 516 g/mol. The number of allylic oxidation sites excluding steroid dienone is 1. The molecule has 0 saturated carbocycles. The second-order valence-corrected chi connectivity index (χ2v) is 10.4. The maximum atomic E-state index is 13.7. The topological polar surface area (TPSA) is 113 Å². The van der Waals surface area contributed by atoms with E-state index in [1.165, 1.54) is 15.9 Å². The molecule has 192 valence electrons. The molecule has 7 nitrogen and oxygen atoms in total. The number of hydrogen-bond donors (Lipinski definition) is 1. The first-order valence-corrected chi connectivity index (χ1v) is 13.4. The SMILES string of the molecule is Cc1ccc(C2C(C#N)=C(N)n3c(s/c(=C/c4cn(-c5ccccc5)nc4-c4ccccc4)c3=O)=C2C#N)cc1. The van der Waals surface area contributed by atoms with Crippen molar-refractivity contribution in [1.82, 2.24) is 14.3 Å². The fourth-order valence-corrected chi connectivity index (χ4v) is 6.03. The number of fused-ring (bicyclic) bond motifs is 1. The van der Waals surface area contributed by atoms with Crippen LogP contribution in [0.25, 0.3) is 34.4 Å². The molecule has 0 saturated heterocycles. The van der Waals surface area contributed by atoms with Gasteiger partial charge in [0.05, 0.1) is 45.1 Å². The van der Waals surface area contributed by atoms with Crippen molar-refractivity contribution in [3.8, 4) is 29.1 Å². The highest BCUT2D eigenvalue weighted by atomic mass is 32.1. The molecule has 5 aromatic rings. The molecule has 2 aromatic heterocycles. The first-order valence-electron chi connectivity index (χ1n) is 12.5. The predicted molar refractivity (Wildman–Crippen MR) is 156 cm³/mol. The maximum absolute atomic E-state index is 13.7. The molecule has 2 N–H and O–H groups in total. The lowest BCUT2D eigenvalue weighted by molar-refractivity contribution is 0.884. The highest BCUT2D eigenvalue weighted by Gasteiger charge is 2.32. The van der Waals surface area contributed by atoms with Crippen molar-refractivity contribution in [2.45, 2.75) is 12.8 Å². The van der Waals surface area contributed by atoms with Gasteiger partial charge in [0.25, 0.3) is 5.56 Å². The number of nitrogens with two attached hydrogens (primary N) is 1. The normalized spacial score (nSPS) is 15.0. The van der Waals surface area contributed by atoms with Crippen LogP contribution in [-0.2, 0) is 0 Å². The molecule has 0 fully saturated rings. The number of rotatable bonds is 4. The van der Waals surface area contributed by atoms with E-state index >= 15 is 0 Å². The van der Waals surface area contributed by atoms with E-state index < -0.39 is 5.92 Å². The van der Waals surface area contributed by atoms with Crippen LogP contribution in [0.2, 0.25) is 0 Å². The van der Waals surface area contributed by atoms with E-state index in [1.807, 2.05) is 98.0 Å². The molecule has 1 aliphatic heterocycles. The summed E-state index contributed by atoms with van der Waals surface area (Å²) in [6.45, 7) is 1.97. The summed E-state index contributed by atoms with van der Waals surface area (Å²) in [5.41, 5.74) is 11.6. The Kier molecular flexibility index (Phi) is 6.24. The minimum Gasteiger partial charge on any atom is -0.384 e. The Labute approximate surface area is 233 Å². The zero-order valence-electron chi connectivity index (χ0n) is 21.4. The van der Waals surface area contributed by atoms with Crippen molar-refractivity contribution in [3.63, 3.8) is 0 Å². The van der Waals surface area contributed by atoms with Gasteiger partial charge in [-0.2, -0.15) is 15.6 Å². The molecule has 0 bridgehead atoms. The zero-order chi connectivity index (χ0) is 27.8. The summed E-state index contributed by atoms with van der Waals surface area (Å²) in [5.74, 6) is -0.603. The summed E-state index contributed by atoms with van der Waals surface area (Å²) < 4.78 is 3.89. The molecule has 6 rings (SSSR count). The van der Waals surface area contributed by atoms with Crippen LogP contribution >= 0.6 is 11.3 Å². The van der Waals surface area contributed by atoms with Crippen LogP contribution < -0.4 is 20.5 Å². The van der Waals surface area contributed by atoms with Crippen molar-refractivity contribution in [2.24, 2.45) is 5.73 Å². The first-order chi connectivity index (χ1) is 19.5. The average molecular weight is 539 g/mol. The number of nitriles is 2. The van der Waals surface area contributed by atoms with E-state index in [2.05, 4.69) is 12.1 Å². The molecule has 3 heterocycles. The Morgan fingerprint density at radius 1 is 0.925 bits per heavy atom. The van der Waals surface area contributed by atoms with Crippen molar-refractivity contribution < 1.29 is 0 Å². The van der Waals surface area contributed by atoms with Gasteiger partial charge in [0.2, 0.25) is 0 Å². The second kappa shape index (κ2) is 10.0. The monoisotopic (exact) mass is 538 g/mol. The molecule has 1 aliphatic rings. The molecule has 8 heteroatoms. The van der Waals surface area contributed by atoms with E-state index in [9.17, 15) is 15.3 Å². The molecule has 0 spiro atoms. The van der Waals surface area contributed by atoms with Crippen molar-refractivity contribution >= 4 is 28.8 Å². The standard InChI is InChI=1S/C32H22N6OS/c1-20-12-14-21(15-13-20)28-25(17-33)30(35)38-31(39)27(40-32(38)26(28)18-34)16-23-19-37(24-10-6-3-7-11-24)36-29(23)22-8-4-2-5-9-22/h2-16,19,28H,35H2,1H3/b27-16+. The Hall–Kier alpha value is -5.44. The molecule has 1 atom stereocenters. The largest absolute Gasteiger partial charge is 0.384 e. The lowest BCUT2D eigenvalue weighted by atomic mass is 9.84. The summed E-state index contributed by atoms with van der Waals surface area (Å²) in [6, 6.07) is 31.6. The van der Waals surface area contributed by atoms with E-state index in [4.69, 9.17) is 10.8 Å². The third kappa shape index (κ3) is 4.14. The van der Waals surface area contributed by atoms with Gasteiger partial charge in [-0.25, -0.2) is 4.68 Å². The Morgan fingerprint density at radius 3 is 2.23 bits per heavy atom. The summed E-state index contributed by atoms with van der Waals surface area (Å²) in [5, 5.41) is 25.1. The lowest BCUT2D eigenvalue weighted by Crippen LogP contribution is -2.38. The van der Waals surface area contributed by atoms with Gasteiger partial charge in [0, 0.05) is 17.3 Å². The third-order valence-corrected chi connectivity index (χ3v) is 8.01. The van der Waals surface area contributed by atoms with E-state index in [0.29, 0.717) is 20.5 Å². The van der Waals surface area contributed by atoms with Crippen LogP contribution in [-0.4, -0.2) is 14.3 Å². The van der Waals surface area contributed by atoms with Crippen LogP contribution in [0.1, 0.15) is 22.6 Å². The summed E-state index contributed by atoms with van der Waals surface area (Å²) >= 11 is 1.19. The van der Waals surface area contributed by atoms with Gasteiger partial charge in [-0.15, -0.1) is 11.3 Å². The minimum absolute atomic E-state index is 0.0474. The molecule has 1 unspecified atom stereocenters. The van der Waals surface area contributed by atoms with Gasteiger partial charge in [0.1, 0.15) is 10.5 Å². The maximum Gasteiger partial charge on any atom is 0.274 e. The van der Waals surface area contributed by atoms with Crippen molar-refractivity contribution in [2.75, 3.05) is 0 Å². The number of benzene rings is 3. The summed E-state index contributed by atoms with van der Waals surface area (Å²) in [4.78, 5) is 13.7. The number of aromatic nitrogens is 3. The van der Waals surface area contributed by atoms with Crippen LogP contribution in [0.15, 0.2) is 101 Å². The predicted octanol–water partition coefficient (Wildman–Crippen LogP) is 4.02. The molecule has 0 amide bonds. The molecular formula is C32H22N6OS. The summed E-state index contributed by atoms with van der Waals surface area (Å²) in [6.07, 6.45) is 3.66. The number of thiazole rings is 1. The number of para-hydroxylation sites is 1. The van der Waals surface area contributed by atoms with E-state index in [-0.39, 0.29) is 17.0 Å². The molecule has 40 heavy (non-hydrogen) atoms. The average Bonchev–Trinajstić information content (AvgIpc) is 3.56. The number of hydrogen-bond acceptors (Lipinski definition) is 6. The Morgan fingerprint density at radius 2 is 1.57 bits per heavy atom. The van der Waals surface area contributed by atoms with Gasteiger partial charge in [0.15, 0.2) is 0 Å². The van der Waals surface area contributed by atoms with Crippen molar-refractivity contribution in [1.29, 1.82) is 10.5 Å². The Bertz CT molecular complexity index is 2050. The Balaban J connectivity index is 1.61. The number of aryl methyl sites for hydroxylation is 1. The van der Waals surface area contributed by atoms with Gasteiger partial charge in [-0.05, 0) is 30.7 Å². The third-order valence-electron chi connectivity index (χ3n) is 6.90. The minimum atomic E-state index is -0.651. The van der Waals surface area contributed by atoms with Gasteiger partial charge >= 0.3 is 0 Å². The van der Waals surface area contributed by atoms with Crippen LogP contribution in [0.5, 0.6) is 0 Å². The van der Waals surface area contributed by atoms with Gasteiger partial charge in [-0.1, -0.05) is 78.4 Å². The first kappa shape index (κ1) is 24.9. The second-order valence-electron chi connectivity index (χ2n) is 9.42. The molecule has 0 radical (unpaired) electrons. The van der Waals surface area contributed by atoms with Gasteiger partial charge < -0.3 is 5.73 Å². The smallest absolute Gasteiger partial charge is 0.274 e. The number of nitrogens with zero attached hydrogens (tertiary/aromatic N) is 5. The lowest BCUT2D eigenvalue weighted by Gasteiger charge is -2.22.